The second kappa shape index (κ2) is 7.00. The minimum absolute atomic E-state index is 0.0235. The van der Waals surface area contributed by atoms with Crippen LogP contribution in [0.1, 0.15) is 0 Å². The molecule has 2 aromatic carbocycles. The second-order valence-corrected chi connectivity index (χ2v) is 6.59. The molecule has 112 valence electrons. The van der Waals surface area contributed by atoms with Gasteiger partial charge in [0.15, 0.2) is 0 Å². The summed E-state index contributed by atoms with van der Waals surface area (Å²) in [5.41, 5.74) is 5.27. The minimum atomic E-state index is -1.84. The number of anilines is 1. The van der Waals surface area contributed by atoms with Crippen LogP contribution in [0.5, 0.6) is 5.75 Å². The molecule has 0 amide bonds. The van der Waals surface area contributed by atoms with E-state index in [0.29, 0.717) is 5.75 Å². The van der Waals surface area contributed by atoms with Gasteiger partial charge in [-0.3, -0.25) is 4.21 Å². The van der Waals surface area contributed by atoms with Crippen LogP contribution < -0.4 is 10.5 Å². The zero-order valence-electron chi connectivity index (χ0n) is 10.8. The summed E-state index contributed by atoms with van der Waals surface area (Å²) in [7, 11) is -1.84. The molecule has 0 bridgehead atoms. The fraction of sp³-hybridized carbons (Fsp3) is 0.143. The Morgan fingerprint density at radius 3 is 2.48 bits per heavy atom. The molecule has 0 spiro atoms. The highest BCUT2D eigenvalue weighted by molar-refractivity contribution is 9.10. The zero-order chi connectivity index (χ0) is 15.4. The number of nitrogen functional groups attached to an aromatic ring is 1. The molecule has 0 aliphatic heterocycles. The second-order valence-electron chi connectivity index (χ2n) is 4.17. The van der Waals surface area contributed by atoms with Gasteiger partial charge in [0.05, 0.1) is 16.6 Å². The Bertz CT molecular complexity index is 659. The van der Waals surface area contributed by atoms with Gasteiger partial charge in [-0.05, 0) is 30.3 Å². The molecule has 2 aromatic rings. The van der Waals surface area contributed by atoms with E-state index in [-0.39, 0.29) is 18.0 Å². The normalized spacial score (nSPS) is 12.1. The van der Waals surface area contributed by atoms with Crippen LogP contribution in [0.2, 0.25) is 0 Å². The molecule has 0 saturated carbocycles. The number of nitrogens with two attached hydrogens (primary N) is 1. The molecule has 2 rings (SSSR count). The van der Waals surface area contributed by atoms with E-state index in [1.807, 2.05) is 6.07 Å². The van der Waals surface area contributed by atoms with Crippen molar-refractivity contribution in [1.82, 2.24) is 0 Å². The molecule has 0 aromatic heterocycles. The number of rotatable bonds is 5. The predicted molar refractivity (Wildman–Crippen MR) is 81.7 cm³/mol. The molecule has 0 saturated heterocycles. The number of halogens is 3. The van der Waals surface area contributed by atoms with Gasteiger partial charge in [-0.15, -0.1) is 0 Å². The van der Waals surface area contributed by atoms with Gasteiger partial charge in [-0.2, -0.15) is 0 Å². The highest BCUT2D eigenvalue weighted by Gasteiger charge is 2.17. The SMILES string of the molecule is Nc1cc(F)c(S(=O)CCOc2cccc(Br)c2)c(F)c1. The third-order valence-electron chi connectivity index (χ3n) is 2.58. The van der Waals surface area contributed by atoms with E-state index in [1.165, 1.54) is 0 Å². The first-order chi connectivity index (χ1) is 9.97. The zero-order valence-corrected chi connectivity index (χ0v) is 13.2. The van der Waals surface area contributed by atoms with Crippen molar-refractivity contribution in [2.45, 2.75) is 4.90 Å². The first kappa shape index (κ1) is 15.9. The summed E-state index contributed by atoms with van der Waals surface area (Å²) in [4.78, 5) is -0.470. The van der Waals surface area contributed by atoms with Gasteiger partial charge in [-0.1, -0.05) is 22.0 Å². The van der Waals surface area contributed by atoms with Crippen molar-refractivity contribution < 1.29 is 17.7 Å². The standard InChI is InChI=1S/C14H12BrF2NO2S/c15-9-2-1-3-11(6-9)20-4-5-21(19)14-12(16)7-10(18)8-13(14)17/h1-3,6-8H,4-5,18H2. The molecule has 2 N–H and O–H groups in total. The van der Waals surface area contributed by atoms with E-state index in [2.05, 4.69) is 15.9 Å². The van der Waals surface area contributed by atoms with Crippen molar-refractivity contribution in [3.05, 3.63) is 52.5 Å². The predicted octanol–water partition coefficient (Wildman–Crippen LogP) is 3.50. The molecule has 0 fully saturated rings. The number of hydrogen-bond donors (Lipinski definition) is 1. The van der Waals surface area contributed by atoms with E-state index >= 15 is 0 Å². The van der Waals surface area contributed by atoms with Crippen LogP contribution in [0, 0.1) is 11.6 Å². The van der Waals surface area contributed by atoms with Crippen LogP contribution in [0.15, 0.2) is 45.8 Å². The maximum absolute atomic E-state index is 13.6. The summed E-state index contributed by atoms with van der Waals surface area (Å²) < 4.78 is 45.4. The smallest absolute Gasteiger partial charge is 0.144 e. The van der Waals surface area contributed by atoms with Crippen molar-refractivity contribution in [3.63, 3.8) is 0 Å². The summed E-state index contributed by atoms with van der Waals surface area (Å²) in [6.07, 6.45) is 0. The number of hydrogen-bond acceptors (Lipinski definition) is 3. The quantitative estimate of drug-likeness (QED) is 0.813. The molecule has 0 aliphatic carbocycles. The maximum atomic E-state index is 13.6. The Kier molecular flexibility index (Phi) is 5.30. The molecule has 7 heteroatoms. The van der Waals surface area contributed by atoms with Crippen LogP contribution in [0.4, 0.5) is 14.5 Å². The lowest BCUT2D eigenvalue weighted by Gasteiger charge is -2.08. The molecular weight excluding hydrogens is 364 g/mol. The largest absolute Gasteiger partial charge is 0.493 e. The average Bonchev–Trinajstić information content (AvgIpc) is 2.37. The lowest BCUT2D eigenvalue weighted by molar-refractivity contribution is 0.342. The summed E-state index contributed by atoms with van der Waals surface area (Å²) in [5, 5.41) is 0. The highest BCUT2D eigenvalue weighted by atomic mass is 79.9. The Morgan fingerprint density at radius 1 is 1.19 bits per heavy atom. The van der Waals surface area contributed by atoms with E-state index in [0.717, 1.165) is 16.6 Å². The summed E-state index contributed by atoms with van der Waals surface area (Å²) in [6.45, 7) is 0.0757. The highest BCUT2D eigenvalue weighted by Crippen LogP contribution is 2.21. The number of benzene rings is 2. The van der Waals surface area contributed by atoms with Gasteiger partial charge >= 0.3 is 0 Å². The lowest BCUT2D eigenvalue weighted by atomic mass is 10.3. The summed E-state index contributed by atoms with van der Waals surface area (Å²) >= 11 is 3.29. The van der Waals surface area contributed by atoms with Crippen LogP contribution in [-0.4, -0.2) is 16.6 Å². The maximum Gasteiger partial charge on any atom is 0.144 e. The van der Waals surface area contributed by atoms with E-state index < -0.39 is 27.3 Å². The average molecular weight is 376 g/mol. The van der Waals surface area contributed by atoms with Gasteiger partial charge in [0.2, 0.25) is 0 Å². The topological polar surface area (TPSA) is 52.3 Å². The Hall–Kier alpha value is -1.47. The van der Waals surface area contributed by atoms with Crippen molar-refractivity contribution in [3.8, 4) is 5.75 Å². The Labute approximate surface area is 131 Å². The molecule has 3 nitrogen and oxygen atoms in total. The first-order valence-corrected chi connectivity index (χ1v) is 8.10. The lowest BCUT2D eigenvalue weighted by Crippen LogP contribution is -2.11. The van der Waals surface area contributed by atoms with E-state index in [4.69, 9.17) is 10.5 Å². The van der Waals surface area contributed by atoms with Gasteiger partial charge in [-0.25, -0.2) is 8.78 Å². The molecule has 1 unspecified atom stereocenters. The summed E-state index contributed by atoms with van der Waals surface area (Å²) in [6, 6.07) is 9.00. The van der Waals surface area contributed by atoms with Gasteiger partial charge in [0, 0.05) is 10.2 Å². The molecule has 0 aliphatic rings. The Balaban J connectivity index is 1.99. The molecule has 1 atom stereocenters. The van der Waals surface area contributed by atoms with Gasteiger partial charge in [0.25, 0.3) is 0 Å². The third-order valence-corrected chi connectivity index (χ3v) is 4.46. The van der Waals surface area contributed by atoms with Crippen LogP contribution in [0.3, 0.4) is 0 Å². The fourth-order valence-corrected chi connectivity index (χ4v) is 3.06. The van der Waals surface area contributed by atoms with Crippen molar-refractivity contribution >= 4 is 32.4 Å². The van der Waals surface area contributed by atoms with Crippen molar-refractivity contribution in [1.29, 1.82) is 0 Å². The molecular formula is C14H12BrF2NO2S. The third kappa shape index (κ3) is 4.25. The summed E-state index contributed by atoms with van der Waals surface area (Å²) in [5.74, 6) is -1.26. The van der Waals surface area contributed by atoms with Gasteiger partial charge in [0.1, 0.15) is 28.9 Å². The van der Waals surface area contributed by atoms with Crippen molar-refractivity contribution in [2.24, 2.45) is 0 Å². The van der Waals surface area contributed by atoms with Crippen LogP contribution in [-0.2, 0) is 10.8 Å². The van der Waals surface area contributed by atoms with Crippen LogP contribution >= 0.6 is 15.9 Å². The molecule has 0 heterocycles. The molecule has 21 heavy (non-hydrogen) atoms. The van der Waals surface area contributed by atoms with E-state index in [1.54, 1.807) is 18.2 Å². The first-order valence-electron chi connectivity index (χ1n) is 5.98. The van der Waals surface area contributed by atoms with Crippen LogP contribution in [0.25, 0.3) is 0 Å². The monoisotopic (exact) mass is 375 g/mol. The van der Waals surface area contributed by atoms with E-state index in [9.17, 15) is 13.0 Å². The molecule has 0 radical (unpaired) electrons. The minimum Gasteiger partial charge on any atom is -0.493 e. The fourth-order valence-electron chi connectivity index (χ4n) is 1.69. The number of ether oxygens (including phenoxy) is 1. The Morgan fingerprint density at radius 2 is 1.86 bits per heavy atom. The van der Waals surface area contributed by atoms with Gasteiger partial charge < -0.3 is 10.5 Å². The van der Waals surface area contributed by atoms with Crippen molar-refractivity contribution in [2.75, 3.05) is 18.1 Å².